The van der Waals surface area contributed by atoms with Crippen LogP contribution in [0.5, 0.6) is 0 Å². The van der Waals surface area contributed by atoms with Crippen molar-refractivity contribution in [2.24, 2.45) is 0 Å². The molecule has 2 aromatic carbocycles. The van der Waals surface area contributed by atoms with Crippen molar-refractivity contribution in [1.82, 2.24) is 4.90 Å². The third-order valence-electron chi connectivity index (χ3n) is 4.67. The van der Waals surface area contributed by atoms with Gasteiger partial charge in [-0.15, -0.1) is 0 Å². The molecule has 1 N–H and O–H groups in total. The van der Waals surface area contributed by atoms with E-state index < -0.39 is 32.2 Å². The van der Waals surface area contributed by atoms with Crippen LogP contribution in [0.3, 0.4) is 0 Å². The summed E-state index contributed by atoms with van der Waals surface area (Å²) >= 11 is 0. The van der Waals surface area contributed by atoms with E-state index in [1.807, 2.05) is 0 Å². The van der Waals surface area contributed by atoms with Crippen LogP contribution in [0.15, 0.2) is 53.4 Å². The maximum atomic E-state index is 13.8. The molecule has 28 heavy (non-hydrogen) atoms. The highest BCUT2D eigenvalue weighted by Crippen LogP contribution is 2.28. The molecule has 0 unspecified atom stereocenters. The normalized spacial score (nSPS) is 15.6. The van der Waals surface area contributed by atoms with Crippen molar-refractivity contribution in [1.29, 1.82) is 0 Å². The Bertz CT molecular complexity index is 958. The summed E-state index contributed by atoms with van der Waals surface area (Å²) in [6.45, 7) is 0.684. The van der Waals surface area contributed by atoms with Gasteiger partial charge in [-0.25, -0.2) is 12.8 Å². The second kappa shape index (κ2) is 8.22. The lowest BCUT2D eigenvalue weighted by Crippen LogP contribution is -2.42. The van der Waals surface area contributed by atoms with E-state index in [1.165, 1.54) is 35.2 Å². The molecule has 0 saturated carbocycles. The summed E-state index contributed by atoms with van der Waals surface area (Å²) in [5.74, 6) is -4.49. The summed E-state index contributed by atoms with van der Waals surface area (Å²) in [5.41, 5.74) is 0.115. The van der Waals surface area contributed by atoms with Crippen molar-refractivity contribution < 1.29 is 26.4 Å². The topological polar surface area (TPSA) is 66.5 Å². The third-order valence-corrected chi connectivity index (χ3v) is 6.11. The molecule has 0 bridgehead atoms. The molecule has 5 nitrogen and oxygen atoms in total. The number of carbonyl (C=O) groups excluding carboxylic acids is 1. The van der Waals surface area contributed by atoms with Crippen LogP contribution >= 0.6 is 0 Å². The zero-order valence-corrected chi connectivity index (χ0v) is 15.6. The molecule has 0 radical (unpaired) electrons. The van der Waals surface area contributed by atoms with E-state index in [0.29, 0.717) is 25.9 Å². The number of hydrogen-bond donors (Lipinski definition) is 1. The van der Waals surface area contributed by atoms with Gasteiger partial charge in [0.1, 0.15) is 5.82 Å². The van der Waals surface area contributed by atoms with Gasteiger partial charge in [0, 0.05) is 19.1 Å². The quantitative estimate of drug-likeness (QED) is 0.816. The van der Waals surface area contributed by atoms with E-state index in [-0.39, 0.29) is 17.3 Å². The maximum absolute atomic E-state index is 13.8. The molecule has 150 valence electrons. The lowest BCUT2D eigenvalue weighted by molar-refractivity contribution is 0.0713. The molecule has 1 amide bonds. The van der Waals surface area contributed by atoms with Gasteiger partial charge in [-0.05, 0) is 37.1 Å². The van der Waals surface area contributed by atoms with Gasteiger partial charge in [-0.3, -0.25) is 4.79 Å². The first-order valence-corrected chi connectivity index (χ1v) is 10.3. The van der Waals surface area contributed by atoms with Gasteiger partial charge in [0.2, 0.25) is 9.84 Å². The van der Waals surface area contributed by atoms with Gasteiger partial charge in [-0.2, -0.15) is 8.78 Å². The second-order valence-electron chi connectivity index (χ2n) is 6.49. The van der Waals surface area contributed by atoms with Crippen molar-refractivity contribution in [2.75, 3.05) is 18.4 Å². The van der Waals surface area contributed by atoms with Gasteiger partial charge in [-0.1, -0.05) is 24.3 Å². The van der Waals surface area contributed by atoms with Crippen LogP contribution in [0.2, 0.25) is 0 Å². The summed E-state index contributed by atoms with van der Waals surface area (Å²) in [4.78, 5) is 13.5. The molecule has 9 heteroatoms. The number of carbonyl (C=O) groups is 1. The number of nitrogens with one attached hydrogen (secondary N) is 1. The minimum atomic E-state index is -4.73. The lowest BCUT2D eigenvalue weighted by atomic mass is 10.0. The minimum Gasteiger partial charge on any atom is -0.381 e. The molecule has 0 atom stereocenters. The summed E-state index contributed by atoms with van der Waals surface area (Å²) in [6.07, 6.45) is 0.951. The minimum absolute atomic E-state index is 0.00211. The number of para-hydroxylation sites is 1. The van der Waals surface area contributed by atoms with E-state index in [9.17, 15) is 26.4 Å². The Kier molecular flexibility index (Phi) is 5.93. The Labute approximate surface area is 161 Å². The highest BCUT2D eigenvalue weighted by atomic mass is 32.2. The first kappa shape index (κ1) is 20.2. The molecule has 0 aliphatic carbocycles. The number of halogens is 3. The molecule has 1 fully saturated rings. The van der Waals surface area contributed by atoms with Crippen molar-refractivity contribution in [2.45, 2.75) is 29.5 Å². The van der Waals surface area contributed by atoms with Gasteiger partial charge < -0.3 is 10.2 Å². The maximum Gasteiger partial charge on any atom is 0.341 e. The number of piperidine rings is 1. The average Bonchev–Trinajstić information content (AvgIpc) is 2.68. The van der Waals surface area contributed by atoms with E-state index >= 15 is 0 Å². The lowest BCUT2D eigenvalue weighted by Gasteiger charge is -2.33. The number of anilines is 1. The molecule has 2 aromatic rings. The largest absolute Gasteiger partial charge is 0.381 e. The molecule has 3 rings (SSSR count). The zero-order valence-electron chi connectivity index (χ0n) is 14.8. The fraction of sp³-hybridized carbons (Fsp3) is 0.316. The predicted molar refractivity (Wildman–Crippen MR) is 98.6 cm³/mol. The molecule has 1 heterocycles. The SMILES string of the molecule is O=C(c1ccccc1F)N1CCC(Nc2ccccc2S(=O)(=O)C(F)F)CC1. The molecule has 1 aliphatic heterocycles. The third kappa shape index (κ3) is 4.14. The van der Waals surface area contributed by atoms with Crippen LogP contribution in [0, 0.1) is 5.82 Å². The monoisotopic (exact) mass is 412 g/mol. The summed E-state index contributed by atoms with van der Waals surface area (Å²) in [7, 11) is -4.73. The molecule has 0 spiro atoms. The smallest absolute Gasteiger partial charge is 0.341 e. The molecule has 1 aliphatic rings. The molecular weight excluding hydrogens is 393 g/mol. The highest BCUT2D eigenvalue weighted by molar-refractivity contribution is 7.91. The Morgan fingerprint density at radius 3 is 2.29 bits per heavy atom. The summed E-state index contributed by atoms with van der Waals surface area (Å²) < 4.78 is 63.3. The van der Waals surface area contributed by atoms with Gasteiger partial charge in [0.15, 0.2) is 0 Å². The fourth-order valence-electron chi connectivity index (χ4n) is 3.18. The van der Waals surface area contributed by atoms with Gasteiger partial charge in [0.05, 0.1) is 16.1 Å². The Morgan fingerprint density at radius 2 is 1.64 bits per heavy atom. The Balaban J connectivity index is 1.67. The molecule has 1 saturated heterocycles. The number of sulfone groups is 1. The Morgan fingerprint density at radius 1 is 1.04 bits per heavy atom. The number of alkyl halides is 2. The van der Waals surface area contributed by atoms with Crippen LogP contribution in [-0.4, -0.2) is 44.1 Å². The van der Waals surface area contributed by atoms with Crippen LogP contribution in [-0.2, 0) is 9.84 Å². The van der Waals surface area contributed by atoms with Crippen molar-refractivity contribution >= 4 is 21.4 Å². The number of likely N-dealkylation sites (tertiary alicyclic amines) is 1. The highest BCUT2D eigenvalue weighted by Gasteiger charge is 2.30. The molecule has 0 aromatic heterocycles. The predicted octanol–water partition coefficient (Wildman–Crippen LogP) is 3.54. The van der Waals surface area contributed by atoms with Crippen molar-refractivity contribution in [3.8, 4) is 0 Å². The molecular formula is C19H19F3N2O3S. The van der Waals surface area contributed by atoms with Crippen LogP contribution in [0.25, 0.3) is 0 Å². The zero-order chi connectivity index (χ0) is 20.3. The second-order valence-corrected chi connectivity index (χ2v) is 8.38. The van der Waals surface area contributed by atoms with E-state index in [1.54, 1.807) is 12.1 Å². The number of hydrogen-bond acceptors (Lipinski definition) is 4. The standard InChI is InChI=1S/C19H19F3N2O3S/c20-15-6-2-1-5-14(15)18(25)24-11-9-13(10-12-24)23-16-7-3-4-8-17(16)28(26,27)19(21)22/h1-8,13,19,23H,9-12H2. The van der Waals surface area contributed by atoms with E-state index in [0.717, 1.165) is 6.07 Å². The fourth-order valence-corrected chi connectivity index (χ4v) is 4.08. The van der Waals surface area contributed by atoms with Crippen LogP contribution in [0.1, 0.15) is 23.2 Å². The summed E-state index contributed by atoms with van der Waals surface area (Å²) in [6, 6.07) is 11.1. The van der Waals surface area contributed by atoms with Crippen LogP contribution in [0.4, 0.5) is 18.9 Å². The van der Waals surface area contributed by atoms with Gasteiger partial charge >= 0.3 is 5.76 Å². The number of rotatable bonds is 5. The van der Waals surface area contributed by atoms with Gasteiger partial charge in [0.25, 0.3) is 5.91 Å². The first-order chi connectivity index (χ1) is 13.3. The number of amides is 1. The Hall–Kier alpha value is -2.55. The summed E-state index contributed by atoms with van der Waals surface area (Å²) in [5, 5.41) is 3.00. The average molecular weight is 412 g/mol. The van der Waals surface area contributed by atoms with E-state index in [2.05, 4.69) is 5.32 Å². The van der Waals surface area contributed by atoms with Crippen molar-refractivity contribution in [3.63, 3.8) is 0 Å². The number of nitrogens with zero attached hydrogens (tertiary/aromatic N) is 1. The number of benzene rings is 2. The first-order valence-electron chi connectivity index (χ1n) is 8.72. The van der Waals surface area contributed by atoms with Crippen molar-refractivity contribution in [3.05, 3.63) is 59.9 Å². The van der Waals surface area contributed by atoms with Crippen LogP contribution < -0.4 is 5.32 Å². The van der Waals surface area contributed by atoms with E-state index in [4.69, 9.17) is 0 Å².